The third-order valence-corrected chi connectivity index (χ3v) is 20.0. The van der Waals surface area contributed by atoms with Gasteiger partial charge in [-0.3, -0.25) is 0 Å². The van der Waals surface area contributed by atoms with Crippen LogP contribution in [-0.2, 0) is 38.5 Å². The van der Waals surface area contributed by atoms with Crippen LogP contribution >= 0.6 is 0 Å². The number of aryl methyl sites for hydroxylation is 2. The average Bonchev–Trinajstić information content (AvgIpc) is 3.76. The van der Waals surface area contributed by atoms with Crippen LogP contribution in [0.25, 0.3) is 22.3 Å². The molecule has 0 amide bonds. The van der Waals surface area contributed by atoms with Crippen LogP contribution in [0.5, 0.6) is 0 Å². The molecule has 0 atom stereocenters. The Balaban J connectivity index is 0.00000201. The number of hydrogen-bond acceptors (Lipinski definition) is 0. The van der Waals surface area contributed by atoms with E-state index in [1.165, 1.54) is 77.9 Å². The SMILES string of the molecule is CC1=CC(C)(C)c2cc3c(cc21)-c1cc2c(cc1C3)C(C)(C)[C]([Zr+2]([C]1=CC=CC1)=[C](c1ccc(C)cc1)c1ccc(C)cc1)=C2C.[Cl-].[Cl-]. The summed E-state index contributed by atoms with van der Waals surface area (Å²) >= 11 is -2.69. The van der Waals surface area contributed by atoms with Crippen molar-refractivity contribution in [3.05, 3.63) is 159 Å². The number of halogens is 2. The van der Waals surface area contributed by atoms with Crippen molar-refractivity contribution in [2.45, 2.75) is 79.1 Å². The van der Waals surface area contributed by atoms with Crippen LogP contribution in [0.1, 0.15) is 104 Å². The van der Waals surface area contributed by atoms with Crippen molar-refractivity contribution >= 4 is 14.4 Å². The summed E-state index contributed by atoms with van der Waals surface area (Å²) in [5.41, 5.74) is 20.3. The van der Waals surface area contributed by atoms with Crippen LogP contribution in [0.4, 0.5) is 0 Å². The van der Waals surface area contributed by atoms with E-state index in [-0.39, 0.29) is 35.6 Å². The fraction of sp³-hybridized carbons (Fsp3) is 0.267. The van der Waals surface area contributed by atoms with Gasteiger partial charge in [0.1, 0.15) is 0 Å². The van der Waals surface area contributed by atoms with Gasteiger partial charge in [-0.2, -0.15) is 0 Å². The Bertz CT molecular complexity index is 2100. The third-order valence-electron chi connectivity index (χ3n) is 11.2. The van der Waals surface area contributed by atoms with E-state index in [4.69, 9.17) is 0 Å². The molecule has 0 radical (unpaired) electrons. The largest absolute Gasteiger partial charge is 1.00 e. The molecule has 0 N–H and O–H groups in total. The van der Waals surface area contributed by atoms with Crippen molar-refractivity contribution in [2.75, 3.05) is 0 Å². The fourth-order valence-electron chi connectivity index (χ4n) is 8.88. The summed E-state index contributed by atoms with van der Waals surface area (Å²) in [4.78, 5) is 0. The topological polar surface area (TPSA) is 0 Å². The Morgan fingerprint density at radius 3 is 1.73 bits per heavy atom. The summed E-state index contributed by atoms with van der Waals surface area (Å²) in [7, 11) is 0. The van der Waals surface area contributed by atoms with E-state index in [9.17, 15) is 0 Å². The van der Waals surface area contributed by atoms with Crippen molar-refractivity contribution in [2.24, 2.45) is 0 Å². The molecule has 0 saturated carbocycles. The second-order valence-corrected chi connectivity index (χ2v) is 21.1. The van der Waals surface area contributed by atoms with E-state index in [1.54, 1.807) is 9.77 Å². The second kappa shape index (κ2) is 12.5. The average molecular weight is 747 g/mol. The van der Waals surface area contributed by atoms with E-state index in [2.05, 4.69) is 152 Å². The standard InChI is InChI=1S/C25H25.C15H14.C5H5.2ClH.Zr/c1-14-12-24(3,4)22-8-16-7-17-9-23-19(15(2)13-25(23,5)6)11-21(17)20(16)10-18(14)22;1-12-3-7-14(8-4-12)11-15-9-5-13(2)6-10-15;1-2-4-5-3-1;;;/h8-12H,7H2,1-6H3;3-10H,1-2H3;1-3H,4H2;2*1H;/q;;;;;+2/p-2. The Morgan fingerprint density at radius 2 is 1.19 bits per heavy atom. The maximum absolute atomic E-state index is 2.69. The zero-order valence-corrected chi connectivity index (χ0v) is 33.4. The number of hydrogen-bond donors (Lipinski definition) is 0. The van der Waals surface area contributed by atoms with Gasteiger partial charge in [0.05, 0.1) is 0 Å². The minimum atomic E-state index is -2.69. The van der Waals surface area contributed by atoms with E-state index >= 15 is 0 Å². The third kappa shape index (κ3) is 5.41. The summed E-state index contributed by atoms with van der Waals surface area (Å²) in [5, 5.41) is 0. The van der Waals surface area contributed by atoms with Gasteiger partial charge in [0.25, 0.3) is 0 Å². The van der Waals surface area contributed by atoms with Crippen LogP contribution in [0, 0.1) is 13.8 Å². The Kier molecular flexibility index (Phi) is 9.12. The summed E-state index contributed by atoms with van der Waals surface area (Å²) in [6.45, 7) is 18.9. The van der Waals surface area contributed by atoms with Crippen molar-refractivity contribution in [1.29, 1.82) is 0 Å². The monoisotopic (exact) mass is 744 g/mol. The zero-order chi connectivity index (χ0) is 32.1. The molecule has 4 aliphatic carbocycles. The quantitative estimate of drug-likeness (QED) is 0.234. The molecule has 0 aliphatic heterocycles. The maximum Gasteiger partial charge on any atom is -1.00 e. The minimum absolute atomic E-state index is 0. The Labute approximate surface area is 307 Å². The van der Waals surface area contributed by atoms with Gasteiger partial charge in [0.15, 0.2) is 0 Å². The van der Waals surface area contributed by atoms with Gasteiger partial charge in [-0.25, -0.2) is 0 Å². The zero-order valence-electron chi connectivity index (χ0n) is 29.4. The normalized spacial score (nSPS) is 16.9. The second-order valence-electron chi connectivity index (χ2n) is 15.3. The molecule has 4 aliphatic rings. The molecule has 0 bridgehead atoms. The van der Waals surface area contributed by atoms with Crippen LogP contribution < -0.4 is 24.8 Å². The summed E-state index contributed by atoms with van der Waals surface area (Å²) in [6.07, 6.45) is 11.7. The van der Waals surface area contributed by atoms with Crippen LogP contribution in [0.2, 0.25) is 0 Å². The molecule has 48 heavy (non-hydrogen) atoms. The first-order valence-corrected chi connectivity index (χ1v) is 20.6. The summed E-state index contributed by atoms with van der Waals surface area (Å²) in [6, 6.07) is 29.0. The molecule has 0 spiro atoms. The van der Waals surface area contributed by atoms with Crippen molar-refractivity contribution in [3.63, 3.8) is 0 Å². The molecular weight excluding hydrogens is 703 g/mol. The van der Waals surface area contributed by atoms with Gasteiger partial charge in [-0.05, 0) is 0 Å². The van der Waals surface area contributed by atoms with Gasteiger partial charge in [-0.15, -0.1) is 0 Å². The number of benzene rings is 4. The summed E-state index contributed by atoms with van der Waals surface area (Å²) < 4.78 is 5.05. The first-order chi connectivity index (χ1) is 21.9. The number of fused-ring (bicyclic) bond motifs is 5. The van der Waals surface area contributed by atoms with E-state index in [1.807, 2.05) is 0 Å². The van der Waals surface area contributed by atoms with E-state index < -0.39 is 21.3 Å². The Morgan fingerprint density at radius 1 is 0.646 bits per heavy atom. The van der Waals surface area contributed by atoms with Gasteiger partial charge in [-0.1, -0.05) is 0 Å². The van der Waals surface area contributed by atoms with E-state index in [0.717, 1.165) is 12.8 Å². The number of allylic oxidation sites excluding steroid dienone is 8. The van der Waals surface area contributed by atoms with Crippen LogP contribution in [0.15, 0.2) is 104 Å². The van der Waals surface area contributed by atoms with Gasteiger partial charge < -0.3 is 24.8 Å². The Hall–Kier alpha value is -2.83. The van der Waals surface area contributed by atoms with Gasteiger partial charge in [0.2, 0.25) is 0 Å². The first kappa shape index (κ1) is 35.0. The predicted octanol–water partition coefficient (Wildman–Crippen LogP) is 5.33. The molecule has 0 unspecified atom stereocenters. The number of rotatable bonds is 4. The molecule has 4 aromatic rings. The first-order valence-electron chi connectivity index (χ1n) is 17.0. The van der Waals surface area contributed by atoms with Crippen LogP contribution in [0.3, 0.4) is 0 Å². The molecular formula is C45H44Cl2Zr. The van der Waals surface area contributed by atoms with E-state index in [0.29, 0.717) is 0 Å². The molecule has 0 fully saturated rings. The molecule has 8 rings (SSSR count). The fourth-order valence-corrected chi connectivity index (χ4v) is 17.9. The van der Waals surface area contributed by atoms with Gasteiger partial charge >= 0.3 is 285 Å². The van der Waals surface area contributed by atoms with Crippen molar-refractivity contribution < 1.29 is 46.1 Å². The molecule has 0 aromatic heterocycles. The molecule has 242 valence electrons. The maximum atomic E-state index is 2.61. The summed E-state index contributed by atoms with van der Waals surface area (Å²) in [5.74, 6) is 0. The van der Waals surface area contributed by atoms with Crippen molar-refractivity contribution in [3.8, 4) is 11.1 Å². The molecule has 4 aromatic carbocycles. The minimum Gasteiger partial charge on any atom is -1.00 e. The van der Waals surface area contributed by atoms with Crippen molar-refractivity contribution in [1.82, 2.24) is 0 Å². The van der Waals surface area contributed by atoms with Gasteiger partial charge in [0, 0.05) is 0 Å². The molecule has 0 heterocycles. The smallest absolute Gasteiger partial charge is 1.00 e. The van der Waals surface area contributed by atoms with Crippen LogP contribution in [-0.4, -0.2) is 3.21 Å². The molecule has 0 saturated heterocycles. The predicted molar refractivity (Wildman–Crippen MR) is 194 cm³/mol. The molecule has 3 heteroatoms. The molecule has 0 nitrogen and oxygen atoms in total.